The fourth-order valence-electron chi connectivity index (χ4n) is 4.08. The van der Waals surface area contributed by atoms with Gasteiger partial charge in [0.15, 0.2) is 11.6 Å². The molecule has 1 fully saturated rings. The number of pyridine rings is 1. The van der Waals surface area contributed by atoms with Crippen molar-refractivity contribution >= 4 is 23.3 Å². The number of aromatic nitrogens is 3. The molecule has 9 nitrogen and oxygen atoms in total. The molecule has 37 heavy (non-hydrogen) atoms. The van der Waals surface area contributed by atoms with Crippen molar-refractivity contribution in [2.75, 3.05) is 11.5 Å². The zero-order valence-electron chi connectivity index (χ0n) is 21.0. The van der Waals surface area contributed by atoms with Crippen LogP contribution in [0.1, 0.15) is 46.1 Å². The van der Waals surface area contributed by atoms with Crippen molar-refractivity contribution in [2.24, 2.45) is 0 Å². The number of allylic oxidation sites excluding steroid dienone is 1. The Bertz CT molecular complexity index is 1410. The number of Topliss-reactive ketones (excluding diaryl/α,β-unsaturated/α-hetero) is 2. The molecule has 0 atom stereocenters. The Labute approximate surface area is 214 Å². The molecule has 1 aliphatic carbocycles. The van der Waals surface area contributed by atoms with Gasteiger partial charge in [-0.2, -0.15) is 5.10 Å². The molecule has 0 unspecified atom stereocenters. The molecule has 1 aliphatic rings. The van der Waals surface area contributed by atoms with Gasteiger partial charge in [-0.25, -0.2) is 9.48 Å². The van der Waals surface area contributed by atoms with E-state index in [0.29, 0.717) is 23.4 Å². The highest BCUT2D eigenvalue weighted by Gasteiger charge is 2.27. The standard InChI is InChI=1S/C28H28N4O5/c1-4-37-28(36)31(17-22-24(33)11-8-12-25(22)34)20-15-21(23-13-14-26(35)32(30-23)18(2)3)27(29-16-20)19-9-6-5-7-10-19/h5-7,9-10,13-18H,4,8,11-12H2,1-3H3. The molecule has 0 bridgehead atoms. The van der Waals surface area contributed by atoms with Gasteiger partial charge in [0.05, 0.1) is 41.5 Å². The van der Waals surface area contributed by atoms with Crippen LogP contribution < -0.4 is 10.5 Å². The Morgan fingerprint density at radius 1 is 1.08 bits per heavy atom. The number of rotatable bonds is 6. The first-order valence-corrected chi connectivity index (χ1v) is 12.2. The summed E-state index contributed by atoms with van der Waals surface area (Å²) >= 11 is 0. The predicted molar refractivity (Wildman–Crippen MR) is 139 cm³/mol. The first-order valence-electron chi connectivity index (χ1n) is 12.2. The number of nitrogens with zero attached hydrogens (tertiary/aromatic N) is 4. The summed E-state index contributed by atoms with van der Waals surface area (Å²) in [6.45, 7) is 5.49. The summed E-state index contributed by atoms with van der Waals surface area (Å²) in [6.07, 6.45) is 2.95. The number of ketones is 2. The molecule has 3 aromatic rings. The van der Waals surface area contributed by atoms with Crippen molar-refractivity contribution in [3.05, 3.63) is 76.9 Å². The zero-order chi connectivity index (χ0) is 26.5. The largest absolute Gasteiger partial charge is 0.449 e. The SMILES string of the molecule is CCOC(=O)N(C=C1C(=O)CCCC1=O)c1cnc(-c2ccccc2)c(-c2ccc(=O)n(C(C)C)n2)c1. The molecule has 2 aromatic heterocycles. The molecule has 0 spiro atoms. The lowest BCUT2D eigenvalue weighted by atomic mass is 9.93. The zero-order valence-corrected chi connectivity index (χ0v) is 21.0. The van der Waals surface area contributed by atoms with Crippen LogP contribution in [0, 0.1) is 0 Å². The molecule has 190 valence electrons. The lowest BCUT2D eigenvalue weighted by molar-refractivity contribution is -0.123. The van der Waals surface area contributed by atoms with Crippen LogP contribution in [0.5, 0.6) is 0 Å². The second-order valence-corrected chi connectivity index (χ2v) is 8.86. The first-order chi connectivity index (χ1) is 17.8. The van der Waals surface area contributed by atoms with Gasteiger partial charge in [-0.05, 0) is 39.3 Å². The van der Waals surface area contributed by atoms with E-state index < -0.39 is 6.09 Å². The maximum absolute atomic E-state index is 13.0. The first kappa shape index (κ1) is 25.7. The van der Waals surface area contributed by atoms with Crippen molar-refractivity contribution in [3.8, 4) is 22.5 Å². The molecule has 0 N–H and O–H groups in total. The van der Waals surface area contributed by atoms with E-state index in [1.165, 1.54) is 23.1 Å². The maximum Gasteiger partial charge on any atom is 0.418 e. The minimum Gasteiger partial charge on any atom is -0.449 e. The Kier molecular flexibility index (Phi) is 7.71. The van der Waals surface area contributed by atoms with Crippen LogP contribution in [0.2, 0.25) is 0 Å². The van der Waals surface area contributed by atoms with Gasteiger partial charge in [-0.3, -0.25) is 24.3 Å². The number of hydrogen-bond donors (Lipinski definition) is 0. The Hall–Kier alpha value is -4.40. The quantitative estimate of drug-likeness (QED) is 0.356. The third-order valence-electron chi connectivity index (χ3n) is 5.92. The highest BCUT2D eigenvalue weighted by Crippen LogP contribution is 2.33. The molecule has 0 aliphatic heterocycles. The third kappa shape index (κ3) is 5.55. The third-order valence-corrected chi connectivity index (χ3v) is 5.92. The number of hydrogen-bond acceptors (Lipinski definition) is 7. The normalized spacial score (nSPS) is 13.6. The lowest BCUT2D eigenvalue weighted by Crippen LogP contribution is -2.30. The van der Waals surface area contributed by atoms with Crippen molar-refractivity contribution < 1.29 is 19.1 Å². The van der Waals surface area contributed by atoms with Gasteiger partial charge in [0.1, 0.15) is 0 Å². The van der Waals surface area contributed by atoms with Gasteiger partial charge in [0.25, 0.3) is 5.56 Å². The van der Waals surface area contributed by atoms with Crippen LogP contribution in [0.4, 0.5) is 10.5 Å². The number of anilines is 1. The van der Waals surface area contributed by atoms with Crippen LogP contribution in [0.15, 0.2) is 71.3 Å². The predicted octanol–water partition coefficient (Wildman–Crippen LogP) is 4.72. The number of amides is 1. The summed E-state index contributed by atoms with van der Waals surface area (Å²) in [6, 6.07) is 14.0. The number of carbonyl (C=O) groups is 3. The highest BCUT2D eigenvalue weighted by atomic mass is 16.6. The van der Waals surface area contributed by atoms with Gasteiger partial charge in [0.2, 0.25) is 0 Å². The van der Waals surface area contributed by atoms with Crippen molar-refractivity contribution in [1.29, 1.82) is 0 Å². The molecule has 1 saturated carbocycles. The molecule has 1 amide bonds. The second-order valence-electron chi connectivity index (χ2n) is 8.86. The van der Waals surface area contributed by atoms with Crippen molar-refractivity contribution in [3.63, 3.8) is 0 Å². The summed E-state index contributed by atoms with van der Waals surface area (Å²) in [5.41, 5.74) is 2.44. The van der Waals surface area contributed by atoms with E-state index in [9.17, 15) is 19.2 Å². The van der Waals surface area contributed by atoms with E-state index in [4.69, 9.17) is 4.74 Å². The summed E-state index contributed by atoms with van der Waals surface area (Å²) in [5.74, 6) is -0.629. The highest BCUT2D eigenvalue weighted by molar-refractivity contribution is 6.22. The molecule has 2 heterocycles. The smallest absolute Gasteiger partial charge is 0.418 e. The molecule has 4 rings (SSSR count). The van der Waals surface area contributed by atoms with Gasteiger partial charge < -0.3 is 4.74 Å². The minimum atomic E-state index is -0.749. The Morgan fingerprint density at radius 2 is 1.78 bits per heavy atom. The molecular formula is C28H28N4O5. The fourth-order valence-corrected chi connectivity index (χ4v) is 4.08. The van der Waals surface area contributed by atoms with Gasteiger partial charge in [-0.1, -0.05) is 30.3 Å². The topological polar surface area (TPSA) is 111 Å². The lowest BCUT2D eigenvalue weighted by Gasteiger charge is -2.22. The van der Waals surface area contributed by atoms with E-state index in [-0.39, 0.29) is 53.9 Å². The summed E-state index contributed by atoms with van der Waals surface area (Å²) in [5, 5.41) is 4.56. The Morgan fingerprint density at radius 3 is 2.43 bits per heavy atom. The maximum atomic E-state index is 13.0. The van der Waals surface area contributed by atoms with Crippen LogP contribution >= 0.6 is 0 Å². The van der Waals surface area contributed by atoms with Gasteiger partial charge >= 0.3 is 6.09 Å². The van der Waals surface area contributed by atoms with Crippen LogP contribution in [0.25, 0.3) is 22.5 Å². The monoisotopic (exact) mass is 500 g/mol. The van der Waals surface area contributed by atoms with E-state index in [2.05, 4.69) is 10.1 Å². The molecule has 1 aromatic carbocycles. The van der Waals surface area contributed by atoms with Gasteiger partial charge in [0, 0.05) is 36.2 Å². The summed E-state index contributed by atoms with van der Waals surface area (Å²) in [4.78, 5) is 56.1. The number of ether oxygens (including phenoxy) is 1. The molecule has 9 heteroatoms. The van der Waals surface area contributed by atoms with E-state index in [1.807, 2.05) is 44.2 Å². The molecule has 0 saturated heterocycles. The number of benzene rings is 1. The van der Waals surface area contributed by atoms with Crippen molar-refractivity contribution in [2.45, 2.75) is 46.1 Å². The summed E-state index contributed by atoms with van der Waals surface area (Å²) in [7, 11) is 0. The second kappa shape index (κ2) is 11.1. The van der Waals surface area contributed by atoms with E-state index >= 15 is 0 Å². The average molecular weight is 501 g/mol. The average Bonchev–Trinajstić information content (AvgIpc) is 2.89. The Balaban J connectivity index is 1.92. The fraction of sp³-hybridized carbons (Fsp3) is 0.286. The molecule has 0 radical (unpaired) electrons. The van der Waals surface area contributed by atoms with Crippen LogP contribution in [0.3, 0.4) is 0 Å². The van der Waals surface area contributed by atoms with Gasteiger partial charge in [-0.15, -0.1) is 0 Å². The van der Waals surface area contributed by atoms with Crippen molar-refractivity contribution in [1.82, 2.24) is 14.8 Å². The van der Waals surface area contributed by atoms with Crippen LogP contribution in [-0.4, -0.2) is 39.0 Å². The van der Waals surface area contributed by atoms with E-state index in [0.717, 1.165) is 10.5 Å². The number of carbonyl (C=O) groups excluding carboxylic acids is 3. The van der Waals surface area contributed by atoms with Crippen LogP contribution in [-0.2, 0) is 14.3 Å². The van der Waals surface area contributed by atoms with E-state index in [1.54, 1.807) is 19.1 Å². The summed E-state index contributed by atoms with van der Waals surface area (Å²) < 4.78 is 6.60. The minimum absolute atomic E-state index is 0.0422. The molecular weight excluding hydrogens is 472 g/mol.